The van der Waals surface area contributed by atoms with Gasteiger partial charge in [0.1, 0.15) is 5.75 Å². The van der Waals surface area contributed by atoms with Crippen molar-refractivity contribution in [3.05, 3.63) is 95.0 Å². The number of likely N-dealkylation sites (N-methyl/N-ethyl adjacent to an activating group) is 1. The van der Waals surface area contributed by atoms with E-state index >= 15 is 0 Å². The van der Waals surface area contributed by atoms with Gasteiger partial charge in [-0.25, -0.2) is 4.62 Å². The fourth-order valence-electron chi connectivity index (χ4n) is 3.27. The highest BCUT2D eigenvalue weighted by atomic mass is 35.5. The highest BCUT2D eigenvalue weighted by Crippen LogP contribution is 2.36. The van der Waals surface area contributed by atoms with E-state index in [1.165, 1.54) is 43.5 Å². The molecule has 3 rings (SSSR count). The number of hydrogen-bond donors (Lipinski definition) is 0. The summed E-state index contributed by atoms with van der Waals surface area (Å²) in [6.07, 6.45) is 3.82. The Morgan fingerprint density at radius 3 is 2.25 bits per heavy atom. The first-order valence-corrected chi connectivity index (χ1v) is 13.9. The third kappa shape index (κ3) is 7.65. The molecule has 0 aliphatic heterocycles. The minimum Gasteiger partial charge on any atom is -0.788 e. The van der Waals surface area contributed by atoms with Crippen LogP contribution in [-0.2, 0) is 25.8 Å². The van der Waals surface area contributed by atoms with Crippen molar-refractivity contribution in [3.63, 3.8) is 0 Å². The molecule has 0 unspecified atom stereocenters. The van der Waals surface area contributed by atoms with Gasteiger partial charge in [0.2, 0.25) is 0 Å². The summed E-state index contributed by atoms with van der Waals surface area (Å²) in [5.41, 5.74) is 1.28. The maximum Gasteiger partial charge on any atom is 0.287 e. The molecule has 0 radical (unpaired) electrons. The van der Waals surface area contributed by atoms with Gasteiger partial charge in [0.05, 0.1) is 25.5 Å². The van der Waals surface area contributed by atoms with E-state index in [0.29, 0.717) is 22.9 Å². The van der Waals surface area contributed by atoms with Gasteiger partial charge in [-0.1, -0.05) is 54.1 Å². The summed E-state index contributed by atoms with van der Waals surface area (Å²) in [4.78, 5) is 24.6. The molecule has 0 heterocycles. The predicted molar refractivity (Wildman–Crippen MR) is 135 cm³/mol. The summed E-state index contributed by atoms with van der Waals surface area (Å²) in [6.45, 7) is 0.714. The van der Waals surface area contributed by atoms with E-state index in [1.54, 1.807) is 31.3 Å². The summed E-state index contributed by atoms with van der Waals surface area (Å²) in [5, 5.41) is 0.637. The Kier molecular flexibility index (Phi) is 9.32. The van der Waals surface area contributed by atoms with E-state index in [-0.39, 0.29) is 21.6 Å². The molecule has 0 aliphatic rings. The molecular weight excluding hydrogens is 527 g/mol. The molecule has 0 saturated heterocycles. The first-order valence-electron chi connectivity index (χ1n) is 10.6. The van der Waals surface area contributed by atoms with E-state index in [4.69, 9.17) is 16.3 Å². The number of rotatable bonds is 11. The van der Waals surface area contributed by atoms with Crippen molar-refractivity contribution < 1.29 is 32.1 Å². The number of ether oxygens (including phenoxy) is 1. The number of sulfonamides is 1. The van der Waals surface area contributed by atoms with E-state index in [0.717, 1.165) is 5.56 Å². The molecule has 0 saturated carbocycles. The summed E-state index contributed by atoms with van der Waals surface area (Å²) < 4.78 is 47.9. The van der Waals surface area contributed by atoms with E-state index in [2.05, 4.69) is 4.62 Å². The van der Waals surface area contributed by atoms with Crippen LogP contribution < -0.4 is 19.0 Å². The van der Waals surface area contributed by atoms with Gasteiger partial charge in [-0.15, -0.1) is 4.47 Å². The van der Waals surface area contributed by atoms with Crippen LogP contribution in [0.15, 0.2) is 83.8 Å². The first kappa shape index (κ1) is 27.9. The molecule has 192 valence electrons. The van der Waals surface area contributed by atoms with E-state index in [9.17, 15) is 22.8 Å². The maximum absolute atomic E-state index is 13.3. The highest BCUT2D eigenvalue weighted by Gasteiger charge is 2.29. The second kappa shape index (κ2) is 12.0. The van der Waals surface area contributed by atoms with Crippen LogP contribution in [0.3, 0.4) is 0 Å². The van der Waals surface area contributed by atoms with Gasteiger partial charge in [-0.2, -0.15) is 8.42 Å². The Morgan fingerprint density at radius 1 is 1.00 bits per heavy atom. The Balaban J connectivity index is 1.88. The maximum atomic E-state index is 13.3. The number of anilines is 1. The van der Waals surface area contributed by atoms with Crippen LogP contribution in [0.5, 0.6) is 5.75 Å². The van der Waals surface area contributed by atoms with Crippen molar-refractivity contribution in [2.75, 3.05) is 25.2 Å². The van der Waals surface area contributed by atoms with Crippen LogP contribution in [-0.4, -0.2) is 34.0 Å². The van der Waals surface area contributed by atoms with Gasteiger partial charge in [0.15, 0.2) is 0 Å². The van der Waals surface area contributed by atoms with Crippen molar-refractivity contribution in [1.82, 2.24) is 4.90 Å². The van der Waals surface area contributed by atoms with E-state index < -0.39 is 17.8 Å². The van der Waals surface area contributed by atoms with Gasteiger partial charge in [0, 0.05) is 18.1 Å². The Bertz CT molecular complexity index is 1340. The van der Waals surface area contributed by atoms with Crippen LogP contribution in [0, 0.1) is 0 Å². The molecule has 12 heteroatoms. The molecule has 3 aromatic carbocycles. The largest absolute Gasteiger partial charge is 0.788 e. The molecule has 0 N–H and O–H groups in total. The summed E-state index contributed by atoms with van der Waals surface area (Å²) in [7, 11) is -7.11. The molecule has 0 bridgehead atoms. The van der Waals surface area contributed by atoms with Crippen molar-refractivity contribution in [1.29, 1.82) is 0 Å². The summed E-state index contributed by atoms with van der Waals surface area (Å²) >= 11 is 5.90. The summed E-state index contributed by atoms with van der Waals surface area (Å²) in [5.74, 6) is 0.397. The number of methoxy groups -OCH3 is 1. The van der Waals surface area contributed by atoms with Crippen molar-refractivity contribution in [2.24, 2.45) is 0 Å². The summed E-state index contributed by atoms with van der Waals surface area (Å²) in [6, 6.07) is 18.7. The van der Waals surface area contributed by atoms with Gasteiger partial charge in [-0.05, 0) is 60.6 Å². The molecule has 36 heavy (non-hydrogen) atoms. The number of benzene rings is 3. The van der Waals surface area contributed by atoms with Crippen molar-refractivity contribution in [3.8, 4) is 5.75 Å². The molecule has 0 aliphatic carbocycles. The Hall–Kier alpha value is -2.69. The van der Waals surface area contributed by atoms with Gasteiger partial charge >= 0.3 is 0 Å². The third-order valence-electron chi connectivity index (χ3n) is 4.98. The fourth-order valence-corrected chi connectivity index (χ4v) is 5.37. The van der Waals surface area contributed by atoms with Crippen LogP contribution in [0.4, 0.5) is 5.69 Å². The average molecular weight is 551 g/mol. The van der Waals surface area contributed by atoms with E-state index in [1.807, 2.05) is 29.2 Å². The molecule has 0 atom stereocenters. The molecule has 9 nitrogen and oxygen atoms in total. The highest BCUT2D eigenvalue weighted by molar-refractivity contribution is 7.92. The quantitative estimate of drug-likeness (QED) is 0.263. The number of nitrogens with zero attached hydrogens (tertiary/aromatic N) is 2. The predicted octanol–water partition coefficient (Wildman–Crippen LogP) is 3.45. The number of phosphoric acid groups is 1. The van der Waals surface area contributed by atoms with Crippen LogP contribution >= 0.6 is 19.4 Å². The normalized spacial score (nSPS) is 12.3. The molecule has 0 fully saturated rings. The first-order chi connectivity index (χ1) is 17.0. The third-order valence-corrected chi connectivity index (χ3v) is 7.28. The number of para-hydroxylation sites is 1. The lowest BCUT2D eigenvalue weighted by molar-refractivity contribution is -0.341. The lowest BCUT2D eigenvalue weighted by Gasteiger charge is -2.35. The van der Waals surface area contributed by atoms with Crippen molar-refractivity contribution in [2.45, 2.75) is 11.4 Å². The number of halogens is 1. The lowest BCUT2D eigenvalue weighted by atomic mass is 10.1. The minimum atomic E-state index is -5.74. The Morgan fingerprint density at radius 2 is 1.64 bits per heavy atom. The van der Waals surface area contributed by atoms with Crippen molar-refractivity contribution >= 4 is 41.2 Å². The smallest absolute Gasteiger partial charge is 0.287 e. The van der Waals surface area contributed by atoms with Gasteiger partial charge in [-0.3, -0.25) is 4.90 Å². The molecular formula is C24H24ClN2O7PS-2. The second-order valence-corrected chi connectivity index (χ2v) is 11.0. The molecule has 0 amide bonds. The topological polar surface area (TPSA) is 122 Å². The Labute approximate surface area is 215 Å². The monoisotopic (exact) mass is 550 g/mol. The van der Waals surface area contributed by atoms with Crippen LogP contribution in [0.25, 0.3) is 6.08 Å². The molecule has 3 aromatic rings. The SMILES string of the molecule is COc1ccc(S(=O)(=O)N(OP(=O)([O-])[O-])c2ccccc2CN(C)C/C=C/c2ccc(Cl)cc2)cc1. The van der Waals surface area contributed by atoms with Crippen LogP contribution in [0.2, 0.25) is 5.02 Å². The zero-order chi connectivity index (χ0) is 26.3. The van der Waals surface area contributed by atoms with Gasteiger partial charge in [0.25, 0.3) is 10.0 Å². The molecule has 0 spiro atoms. The molecule has 0 aromatic heterocycles. The van der Waals surface area contributed by atoms with Crippen LogP contribution in [0.1, 0.15) is 11.1 Å². The number of hydrogen-bond acceptors (Lipinski definition) is 8. The zero-order valence-corrected chi connectivity index (χ0v) is 21.9. The fraction of sp³-hybridized carbons (Fsp3) is 0.167. The minimum absolute atomic E-state index is 0.103. The zero-order valence-electron chi connectivity index (χ0n) is 19.5. The van der Waals surface area contributed by atoms with Gasteiger partial charge < -0.3 is 19.1 Å². The lowest BCUT2D eigenvalue weighted by Crippen LogP contribution is -2.35. The second-order valence-electron chi connectivity index (χ2n) is 7.72. The average Bonchev–Trinajstić information content (AvgIpc) is 2.84. The standard InChI is InChI=1S/C24H26ClN2O7PS/c1-26(17-5-6-19-9-11-21(25)12-10-19)18-20-7-3-4-8-24(20)27(34-35(28,29)30)36(31,32)23-15-13-22(33-2)14-16-23/h3-16H,17-18H2,1-2H3,(H2,28,29,30)/p-2/b6-5+.